The zero-order valence-corrected chi connectivity index (χ0v) is 18.9. The van der Waals surface area contributed by atoms with Gasteiger partial charge >= 0.3 is 0 Å². The molecule has 0 fully saturated rings. The van der Waals surface area contributed by atoms with Crippen molar-refractivity contribution in [2.24, 2.45) is 4.99 Å². The molecular formula is C27H35N. The molecule has 0 N–H and O–H groups in total. The summed E-state index contributed by atoms with van der Waals surface area (Å²) in [6, 6.07) is 15.8. The third kappa shape index (κ3) is 3.36. The van der Waals surface area contributed by atoms with E-state index in [1.807, 2.05) is 6.21 Å². The Morgan fingerprint density at radius 3 is 2.29 bits per heavy atom. The fraction of sp³-hybridized carbons (Fsp3) is 0.444. The minimum atomic E-state index is -0.212. The first kappa shape index (κ1) is 20.6. The molecule has 0 aromatic heterocycles. The van der Waals surface area contributed by atoms with Gasteiger partial charge in [0.15, 0.2) is 0 Å². The molecule has 0 aliphatic carbocycles. The third-order valence-electron chi connectivity index (χ3n) is 6.96. The smallest absolute Gasteiger partial charge is 0.0645 e. The fourth-order valence-corrected chi connectivity index (χ4v) is 4.32. The van der Waals surface area contributed by atoms with Gasteiger partial charge in [0.25, 0.3) is 0 Å². The summed E-state index contributed by atoms with van der Waals surface area (Å²) < 4.78 is 0. The zero-order chi connectivity index (χ0) is 20.7. The Kier molecular flexibility index (Phi) is 5.17. The average molecular weight is 374 g/mol. The van der Waals surface area contributed by atoms with Crippen molar-refractivity contribution in [1.82, 2.24) is 0 Å². The number of benzene rings is 2. The molecule has 0 amide bonds. The number of rotatable bonds is 1. The van der Waals surface area contributed by atoms with E-state index in [2.05, 4.69) is 104 Å². The predicted octanol–water partition coefficient (Wildman–Crippen LogP) is 5.51. The topological polar surface area (TPSA) is 12.4 Å². The van der Waals surface area contributed by atoms with Crippen molar-refractivity contribution in [2.45, 2.75) is 78.2 Å². The van der Waals surface area contributed by atoms with Gasteiger partial charge in [-0.1, -0.05) is 77.1 Å². The highest BCUT2D eigenvalue weighted by Gasteiger charge is 2.42. The van der Waals surface area contributed by atoms with Crippen molar-refractivity contribution >= 4 is 17.9 Å². The van der Waals surface area contributed by atoms with Crippen LogP contribution in [0.3, 0.4) is 0 Å². The molecule has 3 rings (SSSR count). The minimum Gasteiger partial charge on any atom is -0.286 e. The Bertz CT molecular complexity index is 1030. The summed E-state index contributed by atoms with van der Waals surface area (Å²) in [6.45, 7) is 18.4. The second-order valence-electron chi connectivity index (χ2n) is 9.91. The number of aliphatic imine (C=N–C) groups is 1. The third-order valence-corrected chi connectivity index (χ3v) is 6.96. The summed E-state index contributed by atoms with van der Waals surface area (Å²) in [6.07, 6.45) is 5.21. The summed E-state index contributed by atoms with van der Waals surface area (Å²) in [5.74, 6) is 0. The first-order valence-electron chi connectivity index (χ1n) is 10.5. The molecule has 28 heavy (non-hydrogen) atoms. The molecule has 1 aliphatic heterocycles. The molecule has 1 heteroatoms. The van der Waals surface area contributed by atoms with E-state index in [4.69, 9.17) is 4.99 Å². The van der Waals surface area contributed by atoms with Crippen LogP contribution in [-0.4, -0.2) is 11.8 Å². The lowest BCUT2D eigenvalue weighted by molar-refractivity contribution is 0.273. The van der Waals surface area contributed by atoms with E-state index in [0.29, 0.717) is 0 Å². The van der Waals surface area contributed by atoms with Gasteiger partial charge in [-0.15, -0.1) is 0 Å². The van der Waals surface area contributed by atoms with E-state index in [0.717, 1.165) is 6.42 Å². The van der Waals surface area contributed by atoms with E-state index >= 15 is 0 Å². The highest BCUT2D eigenvalue weighted by molar-refractivity contribution is 5.91. The van der Waals surface area contributed by atoms with Crippen LogP contribution in [0.25, 0.3) is 11.6 Å². The van der Waals surface area contributed by atoms with Crippen molar-refractivity contribution in [3.8, 4) is 0 Å². The van der Waals surface area contributed by atoms with Crippen molar-refractivity contribution < 1.29 is 0 Å². The van der Waals surface area contributed by atoms with Gasteiger partial charge in [0.1, 0.15) is 0 Å². The van der Waals surface area contributed by atoms with Gasteiger partial charge in [-0.2, -0.15) is 0 Å². The van der Waals surface area contributed by atoms with Crippen LogP contribution in [0.2, 0.25) is 0 Å². The number of fused-ring (bicyclic) bond motifs is 2. The van der Waals surface area contributed by atoms with E-state index in [1.54, 1.807) is 0 Å². The molecular weight excluding hydrogens is 338 g/mol. The van der Waals surface area contributed by atoms with Gasteiger partial charge in [-0.3, -0.25) is 4.99 Å². The van der Waals surface area contributed by atoms with Gasteiger partial charge in [-0.25, -0.2) is 0 Å². The van der Waals surface area contributed by atoms with Crippen LogP contribution in [0.5, 0.6) is 0 Å². The van der Waals surface area contributed by atoms with Crippen LogP contribution in [-0.2, 0) is 10.8 Å². The Labute approximate surface area is 170 Å². The van der Waals surface area contributed by atoms with Crippen molar-refractivity contribution in [3.63, 3.8) is 0 Å². The molecule has 2 aromatic carbocycles. The molecule has 0 saturated heterocycles. The minimum absolute atomic E-state index is 0.0680. The highest BCUT2D eigenvalue weighted by atomic mass is 14.9. The number of hydrogen-bond acceptors (Lipinski definition) is 1. The summed E-state index contributed by atoms with van der Waals surface area (Å²) in [4.78, 5) is 5.07. The molecule has 1 heterocycles. The van der Waals surface area contributed by atoms with Gasteiger partial charge in [0.05, 0.1) is 5.54 Å². The molecule has 2 aromatic rings. The van der Waals surface area contributed by atoms with Crippen LogP contribution in [0.1, 0.15) is 78.5 Å². The van der Waals surface area contributed by atoms with Crippen LogP contribution >= 0.6 is 0 Å². The first-order valence-corrected chi connectivity index (χ1v) is 10.5. The molecule has 1 atom stereocenters. The Morgan fingerprint density at radius 1 is 0.964 bits per heavy atom. The number of nitrogens with zero attached hydrogens (tertiary/aromatic N) is 1. The largest absolute Gasteiger partial charge is 0.286 e. The van der Waals surface area contributed by atoms with E-state index in [9.17, 15) is 0 Å². The maximum absolute atomic E-state index is 5.07. The molecule has 0 saturated carbocycles. The van der Waals surface area contributed by atoms with Crippen molar-refractivity contribution in [1.29, 1.82) is 0 Å². The lowest BCUT2D eigenvalue weighted by atomic mass is 9.64. The average Bonchev–Trinajstić information content (AvgIpc) is 2.65. The molecule has 148 valence electrons. The van der Waals surface area contributed by atoms with Gasteiger partial charge in [-0.05, 0) is 71.4 Å². The highest BCUT2D eigenvalue weighted by Crippen LogP contribution is 2.44. The molecule has 0 radical (unpaired) electrons. The zero-order valence-electron chi connectivity index (χ0n) is 18.9. The second-order valence-corrected chi connectivity index (χ2v) is 9.91. The molecule has 1 nitrogen and oxygen atoms in total. The SMILES string of the molecule is CCC1(C)c2cc(C(C)(C)C)ccc2\C(C)=c2/cccc/c2=C/C=N/C1(C)C. The Morgan fingerprint density at radius 2 is 1.64 bits per heavy atom. The second kappa shape index (κ2) is 7.03. The standard InChI is InChI=1S/C27H35N/c1-9-27(8)24-18-21(25(3,4)5)14-15-23(24)19(2)22-13-11-10-12-20(22)16-17-28-26(27,6)7/h10-18H,9H2,1-8H3/b20-16-,22-19+,28-17+. The maximum Gasteiger partial charge on any atom is 0.0645 e. The van der Waals surface area contributed by atoms with Gasteiger partial charge in [0, 0.05) is 11.6 Å². The molecule has 1 unspecified atom stereocenters. The molecule has 0 spiro atoms. The number of hydrogen-bond donors (Lipinski definition) is 0. The Balaban J connectivity index is 2.52. The summed E-state index contributed by atoms with van der Waals surface area (Å²) in [7, 11) is 0. The summed E-state index contributed by atoms with van der Waals surface area (Å²) in [5, 5.41) is 2.52. The quantitative estimate of drug-likeness (QED) is 0.624. The summed E-state index contributed by atoms with van der Waals surface area (Å²) in [5.41, 5.74) is 5.33. The van der Waals surface area contributed by atoms with Crippen molar-refractivity contribution in [3.05, 3.63) is 69.6 Å². The monoisotopic (exact) mass is 373 g/mol. The predicted molar refractivity (Wildman–Crippen MR) is 124 cm³/mol. The van der Waals surface area contributed by atoms with E-state index in [-0.39, 0.29) is 16.4 Å². The molecule has 1 aliphatic rings. The lowest BCUT2D eigenvalue weighted by Crippen LogP contribution is -2.44. The van der Waals surface area contributed by atoms with Crippen LogP contribution in [0.4, 0.5) is 0 Å². The van der Waals surface area contributed by atoms with Gasteiger partial charge in [0.2, 0.25) is 0 Å². The first-order chi connectivity index (χ1) is 13.0. The van der Waals surface area contributed by atoms with E-state index in [1.165, 1.54) is 32.7 Å². The molecule has 0 bridgehead atoms. The van der Waals surface area contributed by atoms with Crippen LogP contribution < -0.4 is 10.4 Å². The maximum atomic E-state index is 5.07. The van der Waals surface area contributed by atoms with Crippen LogP contribution in [0.15, 0.2) is 47.5 Å². The lowest BCUT2D eigenvalue weighted by Gasteiger charge is -2.43. The Hall–Kier alpha value is -2.15. The normalized spacial score (nSPS) is 25.8. The summed E-state index contributed by atoms with van der Waals surface area (Å²) >= 11 is 0. The fourth-order valence-electron chi connectivity index (χ4n) is 4.32. The van der Waals surface area contributed by atoms with Crippen molar-refractivity contribution in [2.75, 3.05) is 0 Å². The van der Waals surface area contributed by atoms with E-state index < -0.39 is 0 Å². The van der Waals surface area contributed by atoms with Crippen LogP contribution in [0, 0.1) is 0 Å². The van der Waals surface area contributed by atoms with Gasteiger partial charge < -0.3 is 0 Å².